The first-order valence-electron chi connectivity index (χ1n) is 5.08. The van der Waals surface area contributed by atoms with Crippen LogP contribution in [-0.2, 0) is 0 Å². The third-order valence-electron chi connectivity index (χ3n) is 2.16. The number of aromatic nitrogens is 2. The second-order valence-electron chi connectivity index (χ2n) is 3.35. The van der Waals surface area contributed by atoms with E-state index in [0.717, 1.165) is 9.90 Å². The zero-order valence-corrected chi connectivity index (χ0v) is 11.9. The monoisotopic (exact) mass is 373 g/mol. The summed E-state index contributed by atoms with van der Waals surface area (Å²) in [5, 5.41) is 11.0. The molecule has 98 valence electrons. The van der Waals surface area contributed by atoms with Crippen molar-refractivity contribution in [1.29, 1.82) is 0 Å². The molecular formula is C11H8IN3O4. The number of halogens is 1. The lowest BCUT2D eigenvalue weighted by Gasteiger charge is -2.06. The molecule has 7 nitrogen and oxygen atoms in total. The van der Waals surface area contributed by atoms with Gasteiger partial charge in [0.25, 0.3) is 0 Å². The molecule has 0 aliphatic rings. The van der Waals surface area contributed by atoms with Gasteiger partial charge in [-0.15, -0.1) is 0 Å². The molecule has 0 saturated heterocycles. The smallest absolute Gasteiger partial charge is 0.392 e. The number of methoxy groups -OCH3 is 1. The molecule has 0 N–H and O–H groups in total. The van der Waals surface area contributed by atoms with E-state index in [2.05, 4.69) is 32.6 Å². The zero-order valence-electron chi connectivity index (χ0n) is 9.74. The lowest BCUT2D eigenvalue weighted by atomic mass is 10.3. The van der Waals surface area contributed by atoms with Crippen LogP contribution >= 0.6 is 22.6 Å². The van der Waals surface area contributed by atoms with Gasteiger partial charge in [-0.05, 0) is 46.9 Å². The third-order valence-corrected chi connectivity index (χ3v) is 2.88. The number of benzene rings is 1. The van der Waals surface area contributed by atoms with Crippen LogP contribution in [0.2, 0.25) is 0 Å². The number of nitro groups is 1. The van der Waals surface area contributed by atoms with E-state index in [1.807, 2.05) is 12.1 Å². The number of rotatable bonds is 4. The fraction of sp³-hybridized carbons (Fsp3) is 0.0909. The zero-order chi connectivity index (χ0) is 13.8. The van der Waals surface area contributed by atoms with Crippen molar-refractivity contribution in [3.8, 4) is 17.5 Å². The summed E-state index contributed by atoms with van der Waals surface area (Å²) in [6.45, 7) is 0. The second kappa shape index (κ2) is 5.78. The quantitative estimate of drug-likeness (QED) is 0.465. The highest BCUT2D eigenvalue weighted by Gasteiger charge is 2.25. The van der Waals surface area contributed by atoms with Crippen molar-refractivity contribution in [1.82, 2.24) is 9.97 Å². The van der Waals surface area contributed by atoms with Crippen molar-refractivity contribution in [2.45, 2.75) is 0 Å². The van der Waals surface area contributed by atoms with Gasteiger partial charge in [-0.3, -0.25) is 10.1 Å². The largest absolute Gasteiger partial charge is 0.476 e. The maximum Gasteiger partial charge on any atom is 0.392 e. The lowest BCUT2D eigenvalue weighted by molar-refractivity contribution is -0.387. The highest BCUT2D eigenvalue weighted by atomic mass is 127. The number of hydrogen-bond donors (Lipinski definition) is 0. The summed E-state index contributed by atoms with van der Waals surface area (Å²) in [4.78, 5) is 17.8. The molecule has 8 heteroatoms. The first-order chi connectivity index (χ1) is 9.11. The van der Waals surface area contributed by atoms with Crippen LogP contribution in [0.25, 0.3) is 0 Å². The first-order valence-corrected chi connectivity index (χ1v) is 6.16. The number of ether oxygens (including phenoxy) is 2. The maximum absolute atomic E-state index is 11.0. The summed E-state index contributed by atoms with van der Waals surface area (Å²) in [5.74, 6) is 0.155. The highest BCUT2D eigenvalue weighted by molar-refractivity contribution is 14.1. The molecule has 0 radical (unpaired) electrons. The highest BCUT2D eigenvalue weighted by Crippen LogP contribution is 2.35. The summed E-state index contributed by atoms with van der Waals surface area (Å²) in [7, 11) is 1.30. The molecule has 0 aliphatic carbocycles. The van der Waals surface area contributed by atoms with Gasteiger partial charge in [0, 0.05) is 3.57 Å². The topological polar surface area (TPSA) is 87.4 Å². The Hall–Kier alpha value is -1.97. The fourth-order valence-electron chi connectivity index (χ4n) is 1.34. The fourth-order valence-corrected chi connectivity index (χ4v) is 1.70. The van der Waals surface area contributed by atoms with Gasteiger partial charge in [0.15, 0.2) is 0 Å². The average Bonchev–Trinajstić information content (AvgIpc) is 2.40. The summed E-state index contributed by atoms with van der Waals surface area (Å²) >= 11 is 2.15. The molecule has 19 heavy (non-hydrogen) atoms. The summed E-state index contributed by atoms with van der Waals surface area (Å²) < 4.78 is 11.2. The molecule has 1 aromatic carbocycles. The molecule has 1 aromatic heterocycles. The molecule has 0 spiro atoms. The van der Waals surface area contributed by atoms with Crippen LogP contribution < -0.4 is 9.47 Å². The van der Waals surface area contributed by atoms with Crippen LogP contribution in [0.15, 0.2) is 30.6 Å². The molecule has 1 heterocycles. The number of nitrogens with zero attached hydrogens (tertiary/aromatic N) is 3. The Morgan fingerprint density at radius 3 is 2.42 bits per heavy atom. The molecule has 0 fully saturated rings. The van der Waals surface area contributed by atoms with Crippen molar-refractivity contribution >= 4 is 28.3 Å². The van der Waals surface area contributed by atoms with E-state index in [1.165, 1.54) is 7.11 Å². The predicted molar refractivity (Wildman–Crippen MR) is 74.5 cm³/mol. The Morgan fingerprint density at radius 2 is 1.84 bits per heavy atom. The van der Waals surface area contributed by atoms with Crippen molar-refractivity contribution in [2.24, 2.45) is 0 Å². The normalized spacial score (nSPS) is 10.0. The summed E-state index contributed by atoms with van der Waals surface area (Å²) in [6.07, 6.45) is 1.15. The van der Waals surface area contributed by atoms with E-state index in [0.29, 0.717) is 5.75 Å². The maximum atomic E-state index is 11.0. The Balaban J connectivity index is 2.39. The third kappa shape index (κ3) is 3.08. The van der Waals surface area contributed by atoms with Gasteiger partial charge in [0.2, 0.25) is 0 Å². The van der Waals surface area contributed by atoms with Crippen LogP contribution in [0.3, 0.4) is 0 Å². The number of hydrogen-bond acceptors (Lipinski definition) is 6. The van der Waals surface area contributed by atoms with Gasteiger partial charge in [-0.2, -0.15) is 9.97 Å². The van der Waals surface area contributed by atoms with Crippen molar-refractivity contribution < 1.29 is 14.4 Å². The predicted octanol–water partition coefficient (Wildman–Crippen LogP) is 2.79. The van der Waals surface area contributed by atoms with Gasteiger partial charge < -0.3 is 9.47 Å². The van der Waals surface area contributed by atoms with Gasteiger partial charge in [0.1, 0.15) is 12.1 Å². The standard InChI is InChI=1S/C11H8IN3O4/c1-18-10-9(15(16)17)11(14-6-13-10)19-8-4-2-7(12)3-5-8/h2-6H,1H3. The van der Waals surface area contributed by atoms with Crippen LogP contribution in [0.1, 0.15) is 0 Å². The molecule has 2 rings (SSSR count). The van der Waals surface area contributed by atoms with E-state index in [9.17, 15) is 10.1 Å². The van der Waals surface area contributed by atoms with Gasteiger partial charge in [0.05, 0.1) is 12.0 Å². The average molecular weight is 373 g/mol. The Kier molecular flexibility index (Phi) is 4.10. The van der Waals surface area contributed by atoms with Crippen molar-refractivity contribution in [3.05, 3.63) is 44.3 Å². The molecule has 0 amide bonds. The first kappa shape index (κ1) is 13.5. The van der Waals surface area contributed by atoms with E-state index in [1.54, 1.807) is 12.1 Å². The summed E-state index contributed by atoms with van der Waals surface area (Å²) in [5.41, 5.74) is -0.399. The molecule has 0 atom stereocenters. The molecular weight excluding hydrogens is 365 g/mol. The van der Waals surface area contributed by atoms with Crippen LogP contribution in [-0.4, -0.2) is 22.0 Å². The van der Waals surface area contributed by atoms with Crippen LogP contribution in [0, 0.1) is 13.7 Å². The van der Waals surface area contributed by atoms with E-state index >= 15 is 0 Å². The van der Waals surface area contributed by atoms with Gasteiger partial charge in [-0.1, -0.05) is 0 Å². The lowest BCUT2D eigenvalue weighted by Crippen LogP contribution is -2.01. The van der Waals surface area contributed by atoms with Crippen molar-refractivity contribution in [3.63, 3.8) is 0 Å². The van der Waals surface area contributed by atoms with E-state index in [-0.39, 0.29) is 11.8 Å². The Labute approximate surface area is 121 Å². The molecule has 0 bridgehead atoms. The van der Waals surface area contributed by atoms with Crippen LogP contribution in [0.4, 0.5) is 5.69 Å². The van der Waals surface area contributed by atoms with E-state index in [4.69, 9.17) is 9.47 Å². The van der Waals surface area contributed by atoms with Crippen molar-refractivity contribution in [2.75, 3.05) is 7.11 Å². The Bertz CT molecular complexity index is 603. The van der Waals surface area contributed by atoms with Gasteiger partial charge in [-0.25, -0.2) is 0 Å². The van der Waals surface area contributed by atoms with Gasteiger partial charge >= 0.3 is 17.4 Å². The Morgan fingerprint density at radius 1 is 1.21 bits per heavy atom. The molecule has 0 aliphatic heterocycles. The van der Waals surface area contributed by atoms with E-state index < -0.39 is 10.6 Å². The molecule has 0 unspecified atom stereocenters. The minimum atomic E-state index is -0.638. The second-order valence-corrected chi connectivity index (χ2v) is 4.60. The SMILES string of the molecule is COc1ncnc(Oc2ccc(I)cc2)c1[N+](=O)[O-]. The molecule has 2 aromatic rings. The summed E-state index contributed by atoms with van der Waals surface area (Å²) in [6, 6.07) is 7.03. The molecule has 0 saturated carbocycles. The minimum Gasteiger partial charge on any atom is -0.476 e. The minimum absolute atomic E-state index is 0.138. The van der Waals surface area contributed by atoms with Crippen LogP contribution in [0.5, 0.6) is 17.5 Å².